The van der Waals surface area contributed by atoms with Gasteiger partial charge in [0.2, 0.25) is 0 Å². The Morgan fingerprint density at radius 1 is 0.975 bits per heavy atom. The number of esters is 1. The van der Waals surface area contributed by atoms with Crippen LogP contribution in [0.15, 0.2) is 59.5 Å². The van der Waals surface area contributed by atoms with Gasteiger partial charge in [0.1, 0.15) is 5.60 Å². The molecule has 5 rings (SSSR count). The van der Waals surface area contributed by atoms with Crippen LogP contribution in [0, 0.1) is 5.41 Å². The molecular weight excluding hydrogens is 526 g/mol. The molecule has 0 amide bonds. The number of ether oxygens (including phenoxy) is 1. The smallest absolute Gasteiger partial charge is 0.338 e. The van der Waals surface area contributed by atoms with Gasteiger partial charge in [-0.2, -0.15) is 0 Å². The molecule has 0 N–H and O–H groups in total. The summed E-state index contributed by atoms with van der Waals surface area (Å²) in [5.74, 6) is -0.577. The minimum Gasteiger partial charge on any atom is -0.456 e. The van der Waals surface area contributed by atoms with Crippen molar-refractivity contribution in [3.8, 4) is 11.1 Å². The van der Waals surface area contributed by atoms with Crippen molar-refractivity contribution in [2.75, 3.05) is 0 Å². The van der Waals surface area contributed by atoms with Crippen LogP contribution in [0.3, 0.4) is 0 Å². The molecule has 1 unspecified atom stereocenters. The van der Waals surface area contributed by atoms with E-state index < -0.39 is 17.6 Å². The van der Waals surface area contributed by atoms with Crippen LogP contribution in [0.25, 0.3) is 11.1 Å². The zero-order valence-electron chi connectivity index (χ0n) is 23.4. The molecule has 1 fully saturated rings. The van der Waals surface area contributed by atoms with Crippen molar-refractivity contribution < 1.29 is 19.1 Å². The second kappa shape index (κ2) is 10.5. The minimum atomic E-state index is -0.727. The fourth-order valence-corrected chi connectivity index (χ4v) is 5.79. The van der Waals surface area contributed by atoms with Crippen LogP contribution in [-0.2, 0) is 22.4 Å². The topological polar surface area (TPSA) is 82.4 Å². The monoisotopic (exact) mass is 559 g/mol. The number of carbonyl (C=O) groups is 3. The molecule has 3 aromatic rings. The number of pyridine rings is 1. The molecule has 1 atom stereocenters. The van der Waals surface area contributed by atoms with Crippen LogP contribution in [0.4, 0.5) is 0 Å². The van der Waals surface area contributed by atoms with Gasteiger partial charge in [0.15, 0.2) is 11.6 Å². The highest BCUT2D eigenvalue weighted by molar-refractivity contribution is 6.31. The lowest BCUT2D eigenvalue weighted by Crippen LogP contribution is -2.31. The van der Waals surface area contributed by atoms with Gasteiger partial charge in [0.25, 0.3) is 5.56 Å². The molecule has 1 aromatic heterocycles. The van der Waals surface area contributed by atoms with E-state index in [-0.39, 0.29) is 29.0 Å². The Bertz CT molecular complexity index is 1560. The lowest BCUT2D eigenvalue weighted by Gasteiger charge is -2.25. The summed E-state index contributed by atoms with van der Waals surface area (Å²) in [7, 11) is 0. The summed E-state index contributed by atoms with van der Waals surface area (Å²) in [5, 5.41) is 0.547. The molecular formula is C33H34ClNO5. The van der Waals surface area contributed by atoms with Crippen molar-refractivity contribution in [2.45, 2.75) is 77.9 Å². The van der Waals surface area contributed by atoms with Crippen LogP contribution in [-0.4, -0.2) is 27.7 Å². The van der Waals surface area contributed by atoms with Gasteiger partial charge < -0.3 is 9.30 Å². The number of benzene rings is 2. The van der Waals surface area contributed by atoms with Gasteiger partial charge in [-0.25, -0.2) is 4.79 Å². The summed E-state index contributed by atoms with van der Waals surface area (Å²) >= 11 is 6.34. The number of aromatic nitrogens is 1. The molecule has 7 heteroatoms. The Kier molecular flexibility index (Phi) is 7.34. The summed E-state index contributed by atoms with van der Waals surface area (Å²) in [4.78, 5) is 52.8. The van der Waals surface area contributed by atoms with Gasteiger partial charge in [-0.1, -0.05) is 36.7 Å². The molecule has 2 aliphatic carbocycles. The number of hydrogen-bond acceptors (Lipinski definition) is 5. The Hall–Kier alpha value is -3.51. The average Bonchev–Trinajstić information content (AvgIpc) is 3.63. The largest absolute Gasteiger partial charge is 0.456 e. The normalized spacial score (nSPS) is 16.4. The van der Waals surface area contributed by atoms with Crippen LogP contribution in [0.2, 0.25) is 5.02 Å². The van der Waals surface area contributed by atoms with Crippen molar-refractivity contribution in [3.63, 3.8) is 0 Å². The number of nitrogens with zero attached hydrogens (tertiary/aromatic N) is 1. The van der Waals surface area contributed by atoms with Gasteiger partial charge in [0, 0.05) is 35.7 Å². The zero-order valence-corrected chi connectivity index (χ0v) is 24.1. The first-order valence-electron chi connectivity index (χ1n) is 13.8. The van der Waals surface area contributed by atoms with E-state index in [1.807, 2.05) is 25.1 Å². The first-order chi connectivity index (χ1) is 18.9. The molecule has 0 aliphatic heterocycles. The number of hydrogen-bond donors (Lipinski definition) is 0. The van der Waals surface area contributed by atoms with E-state index in [1.165, 1.54) is 10.6 Å². The number of Topliss-reactive ketones (excluding diaryl/α,β-unsaturated/α-hetero) is 2. The first-order valence-corrected chi connectivity index (χ1v) is 14.2. The summed E-state index contributed by atoms with van der Waals surface area (Å²) in [6.45, 7) is 7.27. The second-order valence-electron chi connectivity index (χ2n) is 12.2. The number of halogens is 1. The lowest BCUT2D eigenvalue weighted by atomic mass is 9.81. The van der Waals surface area contributed by atoms with Gasteiger partial charge in [-0.15, -0.1) is 0 Å². The number of rotatable bonds is 6. The lowest BCUT2D eigenvalue weighted by molar-refractivity contribution is -0.121. The summed E-state index contributed by atoms with van der Waals surface area (Å²) in [6, 6.07) is 13.2. The van der Waals surface area contributed by atoms with Gasteiger partial charge in [-0.3, -0.25) is 14.4 Å². The third-order valence-electron chi connectivity index (χ3n) is 7.86. The summed E-state index contributed by atoms with van der Waals surface area (Å²) < 4.78 is 6.82. The van der Waals surface area contributed by atoms with Crippen LogP contribution in [0.5, 0.6) is 0 Å². The number of fused-ring (bicyclic) bond motifs is 3. The van der Waals surface area contributed by atoms with Crippen LogP contribution in [0.1, 0.15) is 91.3 Å². The molecule has 40 heavy (non-hydrogen) atoms. The van der Waals surface area contributed by atoms with E-state index in [9.17, 15) is 19.2 Å². The highest BCUT2D eigenvalue weighted by Gasteiger charge is 2.46. The van der Waals surface area contributed by atoms with Crippen molar-refractivity contribution in [2.24, 2.45) is 5.41 Å². The molecule has 1 heterocycles. The predicted octanol–water partition coefficient (Wildman–Crippen LogP) is 6.80. The Morgan fingerprint density at radius 3 is 2.30 bits per heavy atom. The first kappa shape index (κ1) is 28.0. The highest BCUT2D eigenvalue weighted by atomic mass is 35.5. The maximum atomic E-state index is 13.5. The Morgan fingerprint density at radius 2 is 1.68 bits per heavy atom. The molecule has 2 aromatic carbocycles. The second-order valence-corrected chi connectivity index (χ2v) is 12.6. The van der Waals surface area contributed by atoms with E-state index in [0.717, 1.165) is 36.0 Å². The summed E-state index contributed by atoms with van der Waals surface area (Å²) in [5.41, 5.74) is 3.11. The van der Waals surface area contributed by atoms with E-state index in [4.69, 9.17) is 16.3 Å². The molecule has 1 saturated carbocycles. The molecule has 208 valence electrons. The summed E-state index contributed by atoms with van der Waals surface area (Å²) in [6.07, 6.45) is 5.28. The minimum absolute atomic E-state index is 0.00749. The molecule has 1 spiro atoms. The Labute approximate surface area is 239 Å². The quantitative estimate of drug-likeness (QED) is 0.310. The van der Waals surface area contributed by atoms with Gasteiger partial charge >= 0.3 is 5.97 Å². The zero-order chi connectivity index (χ0) is 28.8. The van der Waals surface area contributed by atoms with Crippen LogP contribution >= 0.6 is 11.6 Å². The fourth-order valence-electron chi connectivity index (χ4n) is 5.62. The highest BCUT2D eigenvalue weighted by Crippen LogP contribution is 2.54. The van der Waals surface area contributed by atoms with Gasteiger partial charge in [-0.05, 0) is 98.4 Å². The average molecular weight is 560 g/mol. The number of ketones is 2. The number of carbonyl (C=O) groups excluding carboxylic acids is 3. The van der Waals surface area contributed by atoms with E-state index >= 15 is 0 Å². The Balaban J connectivity index is 1.45. The third-order valence-corrected chi connectivity index (χ3v) is 8.10. The van der Waals surface area contributed by atoms with Crippen molar-refractivity contribution in [3.05, 3.63) is 92.4 Å². The van der Waals surface area contributed by atoms with E-state index in [0.29, 0.717) is 34.6 Å². The predicted molar refractivity (Wildman–Crippen MR) is 155 cm³/mol. The van der Waals surface area contributed by atoms with Gasteiger partial charge in [0.05, 0.1) is 11.6 Å². The standard InChI is InChI=1S/C33H34ClNO5/c1-5-27(28(36)14-20-6-8-21(9-7-20)31(39)40-32(2,3)4)35-19-26-25(16-30(35)38)24-15-23(34)11-10-22(24)17-33(12-13-33)18-29(26)37/h6-11,15-16,19,27H,5,12-14,17-18H2,1-4H3. The van der Waals surface area contributed by atoms with E-state index in [2.05, 4.69) is 0 Å². The van der Waals surface area contributed by atoms with E-state index in [1.54, 1.807) is 51.2 Å². The maximum absolute atomic E-state index is 13.5. The van der Waals surface area contributed by atoms with Crippen molar-refractivity contribution >= 4 is 29.1 Å². The van der Waals surface area contributed by atoms with Crippen molar-refractivity contribution in [1.29, 1.82) is 0 Å². The molecule has 6 nitrogen and oxygen atoms in total. The fraction of sp³-hybridized carbons (Fsp3) is 0.394. The maximum Gasteiger partial charge on any atom is 0.338 e. The molecule has 0 bridgehead atoms. The SMILES string of the molecule is CCC(C(=O)Cc1ccc(C(=O)OC(C)(C)C)cc1)n1cc2c(cc1=O)-c1cc(Cl)ccc1CC1(CC1)CC2=O. The molecule has 2 aliphatic rings. The molecule has 0 saturated heterocycles. The molecule has 0 radical (unpaired) electrons. The van der Waals surface area contributed by atoms with Crippen molar-refractivity contribution in [1.82, 2.24) is 4.57 Å². The third kappa shape index (κ3) is 5.83. The van der Waals surface area contributed by atoms with Crippen LogP contribution < -0.4 is 5.56 Å².